The van der Waals surface area contributed by atoms with Crippen molar-refractivity contribution in [1.82, 2.24) is 16.0 Å². The van der Waals surface area contributed by atoms with Gasteiger partial charge in [0, 0.05) is 45.3 Å². The quantitative estimate of drug-likeness (QED) is 0.117. The summed E-state index contributed by atoms with van der Waals surface area (Å²) in [6, 6.07) is 13.7. The number of benzene rings is 2. The first-order valence-corrected chi connectivity index (χ1v) is 17.9. The normalized spacial score (nSPS) is 16.0. The molecule has 0 aliphatic heterocycles. The number of phenolic OH excluding ortho intramolecular Hbond substituents is 1. The SMILES string of the molecule is COC(CC(C)(C)C(CSCCCC(=O)N[C@@H]1CCCc2ccccc21)NC(=O)[C@H](Cc1ccc(O)cc1)NC(=O)OC(C)(C)C)OC. The minimum atomic E-state index is -0.929. The summed E-state index contributed by atoms with van der Waals surface area (Å²) in [5, 5.41) is 18.9. The second-order valence-corrected chi connectivity index (χ2v) is 15.3. The Kier molecular flexibility index (Phi) is 15.1. The van der Waals surface area contributed by atoms with E-state index in [4.69, 9.17) is 14.2 Å². The summed E-state index contributed by atoms with van der Waals surface area (Å²) in [5.41, 5.74) is 2.11. The highest BCUT2D eigenvalue weighted by Gasteiger charge is 2.36. The van der Waals surface area contributed by atoms with Crippen molar-refractivity contribution in [3.05, 3.63) is 65.2 Å². The Morgan fingerprint density at radius 3 is 2.33 bits per heavy atom. The Morgan fingerprint density at radius 1 is 0.979 bits per heavy atom. The van der Waals surface area contributed by atoms with Crippen LogP contribution >= 0.6 is 11.8 Å². The number of thioether (sulfide) groups is 1. The topological polar surface area (TPSA) is 135 Å². The first kappa shape index (κ1) is 39.2. The minimum Gasteiger partial charge on any atom is -0.508 e. The molecular formula is C37H55N3O7S. The van der Waals surface area contributed by atoms with E-state index < -0.39 is 29.4 Å². The molecular weight excluding hydrogens is 630 g/mol. The summed E-state index contributed by atoms with van der Waals surface area (Å²) in [6.07, 6.45) is 3.75. The summed E-state index contributed by atoms with van der Waals surface area (Å²) in [6.45, 7) is 9.39. The number of carbonyl (C=O) groups is 3. The highest BCUT2D eigenvalue weighted by molar-refractivity contribution is 7.99. The molecule has 3 amide bonds. The van der Waals surface area contributed by atoms with Gasteiger partial charge in [0.2, 0.25) is 11.8 Å². The third kappa shape index (κ3) is 13.0. The van der Waals surface area contributed by atoms with Gasteiger partial charge in [-0.3, -0.25) is 9.59 Å². The maximum atomic E-state index is 13.9. The molecule has 1 unspecified atom stereocenters. The van der Waals surface area contributed by atoms with E-state index in [-0.39, 0.29) is 36.1 Å². The van der Waals surface area contributed by atoms with E-state index in [2.05, 4.69) is 48.0 Å². The second kappa shape index (κ2) is 18.5. The summed E-state index contributed by atoms with van der Waals surface area (Å²) in [7, 11) is 3.17. The average Bonchev–Trinajstić information content (AvgIpc) is 3.02. The smallest absolute Gasteiger partial charge is 0.408 e. The summed E-state index contributed by atoms with van der Waals surface area (Å²) < 4.78 is 16.5. The fourth-order valence-electron chi connectivity index (χ4n) is 5.80. The largest absolute Gasteiger partial charge is 0.508 e. The molecule has 48 heavy (non-hydrogen) atoms. The summed E-state index contributed by atoms with van der Waals surface area (Å²) in [4.78, 5) is 39.5. The molecule has 0 heterocycles. The van der Waals surface area contributed by atoms with Gasteiger partial charge in [0.25, 0.3) is 0 Å². The summed E-state index contributed by atoms with van der Waals surface area (Å²) in [5.74, 6) is 1.13. The molecule has 0 saturated heterocycles. The summed E-state index contributed by atoms with van der Waals surface area (Å²) >= 11 is 1.67. The van der Waals surface area contributed by atoms with Crippen LogP contribution in [0.3, 0.4) is 0 Å². The number of hydrogen-bond donors (Lipinski definition) is 4. The fourth-order valence-corrected chi connectivity index (χ4v) is 7.09. The molecule has 3 atom stereocenters. The molecule has 11 heteroatoms. The lowest BCUT2D eigenvalue weighted by Crippen LogP contribution is -2.55. The first-order chi connectivity index (χ1) is 22.7. The molecule has 4 N–H and O–H groups in total. The van der Waals surface area contributed by atoms with E-state index >= 15 is 0 Å². The number of methoxy groups -OCH3 is 2. The van der Waals surface area contributed by atoms with Crippen molar-refractivity contribution in [3.63, 3.8) is 0 Å². The number of amides is 3. The number of rotatable bonds is 17. The zero-order valence-electron chi connectivity index (χ0n) is 29.6. The lowest BCUT2D eigenvalue weighted by Gasteiger charge is -2.37. The number of alkyl carbamates (subject to hydrolysis) is 1. The predicted octanol–water partition coefficient (Wildman–Crippen LogP) is 6.06. The molecule has 0 spiro atoms. The predicted molar refractivity (Wildman–Crippen MR) is 190 cm³/mol. The molecule has 1 aliphatic rings. The van der Waals surface area contributed by atoms with Crippen molar-refractivity contribution in [2.45, 2.75) is 110 Å². The minimum absolute atomic E-state index is 0.0517. The maximum absolute atomic E-state index is 13.9. The number of hydrogen-bond acceptors (Lipinski definition) is 8. The van der Waals surface area contributed by atoms with Crippen LogP contribution < -0.4 is 16.0 Å². The van der Waals surface area contributed by atoms with E-state index in [1.54, 1.807) is 71.0 Å². The Hall–Kier alpha value is -3.28. The van der Waals surface area contributed by atoms with E-state index in [1.165, 1.54) is 11.1 Å². The van der Waals surface area contributed by atoms with E-state index in [1.807, 2.05) is 6.07 Å². The van der Waals surface area contributed by atoms with Gasteiger partial charge in [-0.1, -0.05) is 50.2 Å². The van der Waals surface area contributed by atoms with Gasteiger partial charge >= 0.3 is 6.09 Å². The number of fused-ring (bicyclic) bond motifs is 1. The molecule has 2 aromatic rings. The van der Waals surface area contributed by atoms with Gasteiger partial charge in [-0.25, -0.2) is 4.79 Å². The van der Waals surface area contributed by atoms with Crippen LogP contribution in [0.2, 0.25) is 0 Å². The van der Waals surface area contributed by atoms with E-state index in [9.17, 15) is 19.5 Å². The number of aryl methyl sites for hydroxylation is 1. The van der Waals surface area contributed by atoms with Crippen LogP contribution in [0.5, 0.6) is 5.75 Å². The number of ether oxygens (including phenoxy) is 3. The molecule has 0 bridgehead atoms. The van der Waals surface area contributed by atoms with Crippen LogP contribution in [0.1, 0.15) is 89.5 Å². The monoisotopic (exact) mass is 685 g/mol. The number of phenols is 1. The zero-order chi connectivity index (χ0) is 35.3. The second-order valence-electron chi connectivity index (χ2n) is 14.1. The van der Waals surface area contributed by atoms with Crippen LogP contribution in [0, 0.1) is 5.41 Å². The molecule has 266 valence electrons. The maximum Gasteiger partial charge on any atom is 0.408 e. The third-order valence-corrected chi connectivity index (χ3v) is 9.69. The van der Waals surface area contributed by atoms with Crippen molar-refractivity contribution < 1.29 is 33.7 Å². The fraction of sp³-hybridized carbons (Fsp3) is 0.595. The van der Waals surface area contributed by atoms with Crippen LogP contribution in [-0.4, -0.2) is 72.7 Å². The molecule has 2 aromatic carbocycles. The Labute approximate surface area is 290 Å². The van der Waals surface area contributed by atoms with E-state index in [0.717, 1.165) is 30.6 Å². The molecule has 0 aromatic heterocycles. The van der Waals surface area contributed by atoms with Gasteiger partial charge in [-0.15, -0.1) is 0 Å². The molecule has 0 fully saturated rings. The van der Waals surface area contributed by atoms with Crippen molar-refractivity contribution >= 4 is 29.7 Å². The third-order valence-electron chi connectivity index (χ3n) is 8.54. The van der Waals surface area contributed by atoms with Crippen molar-refractivity contribution in [2.75, 3.05) is 25.7 Å². The zero-order valence-corrected chi connectivity index (χ0v) is 30.4. The van der Waals surface area contributed by atoms with Gasteiger partial charge in [0.1, 0.15) is 17.4 Å². The van der Waals surface area contributed by atoms with E-state index in [0.29, 0.717) is 25.0 Å². The highest BCUT2D eigenvalue weighted by Crippen LogP contribution is 2.32. The molecule has 3 rings (SSSR count). The lowest BCUT2D eigenvalue weighted by atomic mass is 9.81. The van der Waals surface area contributed by atoms with Crippen LogP contribution in [0.15, 0.2) is 48.5 Å². The van der Waals surface area contributed by atoms with Gasteiger partial charge < -0.3 is 35.3 Å². The van der Waals surface area contributed by atoms with Gasteiger partial charge in [-0.2, -0.15) is 11.8 Å². The molecule has 0 saturated carbocycles. The number of nitrogens with one attached hydrogen (secondary N) is 3. The van der Waals surface area contributed by atoms with Crippen LogP contribution in [-0.2, 0) is 36.6 Å². The van der Waals surface area contributed by atoms with Gasteiger partial charge in [0.05, 0.1) is 6.04 Å². The number of aromatic hydroxyl groups is 1. The van der Waals surface area contributed by atoms with Crippen molar-refractivity contribution in [1.29, 1.82) is 0 Å². The molecule has 1 aliphatic carbocycles. The van der Waals surface area contributed by atoms with Gasteiger partial charge in [0.15, 0.2) is 6.29 Å². The first-order valence-electron chi connectivity index (χ1n) is 16.8. The van der Waals surface area contributed by atoms with Crippen molar-refractivity contribution in [2.24, 2.45) is 5.41 Å². The Balaban J connectivity index is 1.65. The van der Waals surface area contributed by atoms with Crippen LogP contribution in [0.25, 0.3) is 0 Å². The highest BCUT2D eigenvalue weighted by atomic mass is 32.2. The van der Waals surface area contributed by atoms with Crippen LogP contribution in [0.4, 0.5) is 4.79 Å². The van der Waals surface area contributed by atoms with Gasteiger partial charge in [-0.05, 0) is 86.4 Å². The van der Waals surface area contributed by atoms with Crippen molar-refractivity contribution in [3.8, 4) is 5.75 Å². The average molecular weight is 686 g/mol. The number of carbonyl (C=O) groups excluding carboxylic acids is 3. The lowest BCUT2D eigenvalue weighted by molar-refractivity contribution is -0.131. The Bertz CT molecular complexity index is 1320. The molecule has 10 nitrogen and oxygen atoms in total. The Morgan fingerprint density at radius 2 is 1.67 bits per heavy atom. The standard InChI is InChI=1S/C37H55N3O7S/c1-36(2,3)47-35(44)39-30(22-25-17-19-27(41)20-18-25)34(43)40-31(37(4,5)23-33(45-6)46-7)24-48-21-11-16-32(42)38-29-15-10-13-26-12-8-9-14-28(26)29/h8-9,12,14,17-20,29-31,33,41H,10-11,13,15-16,21-24H2,1-7H3,(H,38,42)(H,39,44)(H,40,43)/t29-,30+,31?/m1/s1. The molecule has 0 radical (unpaired) electrons.